The first-order valence-electron chi connectivity index (χ1n) is 9.48. The first kappa shape index (κ1) is 17.5. The Kier molecular flexibility index (Phi) is 6.05. The minimum absolute atomic E-state index is 0.148. The molecule has 0 bridgehead atoms. The highest BCUT2D eigenvalue weighted by Crippen LogP contribution is 2.37. The van der Waals surface area contributed by atoms with Crippen LogP contribution in [0.1, 0.15) is 49.6 Å². The Hall–Kier alpha value is -0.920. The molecule has 5 nitrogen and oxygen atoms in total. The molecule has 2 N–H and O–H groups in total. The number of sulfone groups is 1. The first-order valence-corrected chi connectivity index (χ1v) is 10.6. The van der Waals surface area contributed by atoms with Crippen LogP contribution in [0.25, 0.3) is 0 Å². The SMILES string of the molecule is [2H]C([2H])([2H])C(CCC(C)(C)CCS(=O)(=O)CCO)(C(=O)O)c1cccc(Br)c1. The lowest BCUT2D eigenvalue weighted by molar-refractivity contribution is -0.143. The molecule has 0 amide bonds. The Labute approximate surface area is 162 Å². The molecule has 0 aliphatic carbocycles. The predicted octanol–water partition coefficient (Wildman–Crippen LogP) is 3.40. The summed E-state index contributed by atoms with van der Waals surface area (Å²) in [6.07, 6.45) is 0.283. The number of rotatable bonds is 10. The second-order valence-electron chi connectivity index (χ2n) is 7.01. The lowest BCUT2D eigenvalue weighted by Crippen LogP contribution is -2.34. The number of benzene rings is 1. The zero-order valence-electron chi connectivity index (χ0n) is 17.5. The zero-order chi connectivity index (χ0) is 21.8. The molecule has 1 unspecified atom stereocenters. The Balaban J connectivity index is 3.16. The van der Waals surface area contributed by atoms with E-state index >= 15 is 0 Å². The molecule has 1 aromatic rings. The monoisotopic (exact) mass is 437 g/mol. The maximum absolute atomic E-state index is 12.2. The lowest BCUT2D eigenvalue weighted by Gasteiger charge is -2.31. The van der Waals surface area contributed by atoms with Gasteiger partial charge in [-0.1, -0.05) is 41.9 Å². The zero-order valence-corrected chi connectivity index (χ0v) is 16.9. The van der Waals surface area contributed by atoms with Gasteiger partial charge in [-0.05, 0) is 49.2 Å². The molecule has 0 heterocycles. The number of carboxylic acids is 1. The fraction of sp³-hybridized carbons (Fsp3) is 0.611. The van der Waals surface area contributed by atoms with E-state index in [1.54, 1.807) is 26.0 Å². The molecule has 0 spiro atoms. The number of carbonyl (C=O) groups is 1. The maximum Gasteiger partial charge on any atom is 0.313 e. The summed E-state index contributed by atoms with van der Waals surface area (Å²) in [6, 6.07) is 6.27. The Morgan fingerprint density at radius 2 is 1.92 bits per heavy atom. The van der Waals surface area contributed by atoms with Crippen molar-refractivity contribution >= 4 is 31.7 Å². The summed E-state index contributed by atoms with van der Waals surface area (Å²) in [5.74, 6) is -1.91. The van der Waals surface area contributed by atoms with Gasteiger partial charge >= 0.3 is 5.97 Å². The standard InChI is InChI=1S/C18H27BrO5S/c1-17(2,9-11-25(23,24)12-10-20)7-8-18(3,16(21)22)14-5-4-6-15(19)13-14/h4-6,13,20H,7-12H2,1-3H3,(H,21,22)/i3D3. The van der Waals surface area contributed by atoms with Crippen LogP contribution in [0.4, 0.5) is 0 Å². The van der Waals surface area contributed by atoms with Gasteiger partial charge in [0.1, 0.15) is 0 Å². The van der Waals surface area contributed by atoms with Crippen LogP contribution in [-0.4, -0.2) is 42.7 Å². The van der Waals surface area contributed by atoms with Crippen LogP contribution in [0.5, 0.6) is 0 Å². The van der Waals surface area contributed by atoms with Crippen molar-refractivity contribution in [1.82, 2.24) is 0 Å². The molecule has 1 atom stereocenters. The van der Waals surface area contributed by atoms with Gasteiger partial charge in [0, 0.05) is 8.58 Å². The highest BCUT2D eigenvalue weighted by molar-refractivity contribution is 9.10. The minimum atomic E-state index is -3.40. The van der Waals surface area contributed by atoms with Crippen molar-refractivity contribution < 1.29 is 27.5 Å². The van der Waals surface area contributed by atoms with Crippen molar-refractivity contribution in [3.05, 3.63) is 34.3 Å². The number of aliphatic hydroxyl groups is 1. The molecule has 142 valence electrons. The molecular weight excluding hydrogens is 408 g/mol. The van der Waals surface area contributed by atoms with Crippen LogP contribution in [0.2, 0.25) is 0 Å². The lowest BCUT2D eigenvalue weighted by atomic mass is 9.73. The second-order valence-corrected chi connectivity index (χ2v) is 10.2. The van der Waals surface area contributed by atoms with E-state index in [1.807, 2.05) is 0 Å². The summed E-state index contributed by atoms with van der Waals surface area (Å²) in [6.45, 7) is 0.328. The Bertz CT molecular complexity index is 793. The van der Waals surface area contributed by atoms with Crippen molar-refractivity contribution in [2.75, 3.05) is 18.1 Å². The highest BCUT2D eigenvalue weighted by Gasteiger charge is 2.37. The molecule has 1 aromatic carbocycles. The quantitative estimate of drug-likeness (QED) is 0.584. The van der Waals surface area contributed by atoms with Crippen LogP contribution in [0.15, 0.2) is 28.7 Å². The van der Waals surface area contributed by atoms with Crippen molar-refractivity contribution in [1.29, 1.82) is 0 Å². The summed E-state index contributed by atoms with van der Waals surface area (Å²) in [7, 11) is -3.40. The van der Waals surface area contributed by atoms with Crippen molar-refractivity contribution in [2.24, 2.45) is 5.41 Å². The average molecular weight is 438 g/mol. The third-order valence-electron chi connectivity index (χ3n) is 4.35. The van der Waals surface area contributed by atoms with Gasteiger partial charge in [0.2, 0.25) is 0 Å². The molecule has 1 rings (SSSR count). The fourth-order valence-corrected chi connectivity index (χ4v) is 4.20. The summed E-state index contributed by atoms with van der Waals surface area (Å²) >= 11 is 3.26. The van der Waals surface area contributed by atoms with Crippen molar-refractivity contribution in [3.8, 4) is 0 Å². The Morgan fingerprint density at radius 3 is 2.44 bits per heavy atom. The van der Waals surface area contributed by atoms with Gasteiger partial charge in [-0.15, -0.1) is 0 Å². The van der Waals surface area contributed by atoms with E-state index in [1.165, 1.54) is 12.1 Å². The van der Waals surface area contributed by atoms with Gasteiger partial charge in [0.05, 0.1) is 23.5 Å². The van der Waals surface area contributed by atoms with Gasteiger partial charge in [-0.3, -0.25) is 4.79 Å². The van der Waals surface area contributed by atoms with Crippen LogP contribution >= 0.6 is 15.9 Å². The van der Waals surface area contributed by atoms with Crippen molar-refractivity contribution in [3.63, 3.8) is 0 Å². The van der Waals surface area contributed by atoms with E-state index in [9.17, 15) is 18.3 Å². The molecule has 7 heteroatoms. The first-order chi connectivity index (χ1) is 12.7. The van der Waals surface area contributed by atoms with E-state index in [2.05, 4.69) is 15.9 Å². The number of aliphatic hydroxyl groups excluding tert-OH is 1. The van der Waals surface area contributed by atoms with Gasteiger partial charge in [-0.2, -0.15) is 0 Å². The third-order valence-corrected chi connectivity index (χ3v) is 6.48. The van der Waals surface area contributed by atoms with Gasteiger partial charge in [0.15, 0.2) is 9.84 Å². The second kappa shape index (κ2) is 8.64. The normalized spacial score (nSPS) is 17.2. The third kappa shape index (κ3) is 6.72. The molecule has 0 aliphatic heterocycles. The van der Waals surface area contributed by atoms with E-state index in [4.69, 9.17) is 9.22 Å². The number of hydrogen-bond acceptors (Lipinski definition) is 4. The fourth-order valence-electron chi connectivity index (χ4n) is 2.45. The number of aliphatic carboxylic acids is 1. The summed E-state index contributed by atoms with van der Waals surface area (Å²) < 4.78 is 48.1. The maximum atomic E-state index is 12.2. The molecule has 0 saturated heterocycles. The van der Waals surface area contributed by atoms with E-state index < -0.39 is 40.1 Å². The highest BCUT2D eigenvalue weighted by atomic mass is 79.9. The molecular formula is C18H27BrO5S. The van der Waals surface area contributed by atoms with Gasteiger partial charge < -0.3 is 10.2 Å². The largest absolute Gasteiger partial charge is 0.481 e. The topological polar surface area (TPSA) is 91.7 Å². The van der Waals surface area contributed by atoms with Crippen LogP contribution in [0.3, 0.4) is 0 Å². The summed E-state index contributed by atoms with van der Waals surface area (Å²) in [4.78, 5) is 12.2. The van der Waals surface area contributed by atoms with Crippen LogP contribution in [0, 0.1) is 5.41 Å². The van der Waals surface area contributed by atoms with Gasteiger partial charge in [-0.25, -0.2) is 8.42 Å². The summed E-state index contributed by atoms with van der Waals surface area (Å²) in [5, 5.41) is 18.8. The number of carboxylic acid groups (broad SMARTS) is 1. The molecule has 0 aromatic heterocycles. The molecule has 0 fully saturated rings. The number of hydrogen-bond donors (Lipinski definition) is 2. The minimum Gasteiger partial charge on any atom is -0.481 e. The molecule has 25 heavy (non-hydrogen) atoms. The average Bonchev–Trinajstić information content (AvgIpc) is 2.52. The van der Waals surface area contributed by atoms with E-state index in [-0.39, 0.29) is 36.3 Å². The summed E-state index contributed by atoms with van der Waals surface area (Å²) in [5.41, 5.74) is -2.52. The molecule has 0 aliphatic rings. The van der Waals surface area contributed by atoms with E-state index in [0.29, 0.717) is 4.47 Å². The smallest absolute Gasteiger partial charge is 0.313 e. The molecule has 0 radical (unpaired) electrons. The number of halogens is 1. The van der Waals surface area contributed by atoms with Crippen LogP contribution < -0.4 is 0 Å². The molecule has 0 saturated carbocycles. The predicted molar refractivity (Wildman–Crippen MR) is 103 cm³/mol. The van der Waals surface area contributed by atoms with Crippen molar-refractivity contribution in [2.45, 2.75) is 45.4 Å². The Morgan fingerprint density at radius 1 is 1.24 bits per heavy atom. The van der Waals surface area contributed by atoms with E-state index in [0.717, 1.165) is 0 Å². The van der Waals surface area contributed by atoms with Crippen LogP contribution in [-0.2, 0) is 20.0 Å². The van der Waals surface area contributed by atoms with Gasteiger partial charge in [0.25, 0.3) is 0 Å².